The lowest BCUT2D eigenvalue weighted by Gasteiger charge is -2.10. The molecule has 0 bridgehead atoms. The summed E-state index contributed by atoms with van der Waals surface area (Å²) in [5.41, 5.74) is 1.39. The SMILES string of the molecule is Fc1ccc(Cn2ccc(NC(=S)Nc3ccc(Cl)cc3Cl)n2)c(Cl)c1. The van der Waals surface area contributed by atoms with Gasteiger partial charge in [0, 0.05) is 22.3 Å². The molecule has 1 aromatic heterocycles. The lowest BCUT2D eigenvalue weighted by Crippen LogP contribution is -2.19. The first-order valence-electron chi connectivity index (χ1n) is 7.41. The average Bonchev–Trinajstić information content (AvgIpc) is 3.00. The first-order valence-corrected chi connectivity index (χ1v) is 8.95. The van der Waals surface area contributed by atoms with Crippen LogP contribution in [0.3, 0.4) is 0 Å². The minimum Gasteiger partial charge on any atom is -0.331 e. The van der Waals surface area contributed by atoms with E-state index in [2.05, 4.69) is 15.7 Å². The van der Waals surface area contributed by atoms with Crippen LogP contribution in [-0.4, -0.2) is 14.9 Å². The fourth-order valence-electron chi connectivity index (χ4n) is 2.20. The fraction of sp³-hybridized carbons (Fsp3) is 0.0588. The van der Waals surface area contributed by atoms with Gasteiger partial charge in [0.2, 0.25) is 0 Å². The van der Waals surface area contributed by atoms with E-state index in [9.17, 15) is 4.39 Å². The summed E-state index contributed by atoms with van der Waals surface area (Å²) in [6.07, 6.45) is 1.76. The molecule has 2 N–H and O–H groups in total. The summed E-state index contributed by atoms with van der Waals surface area (Å²) in [6.45, 7) is 0.407. The number of nitrogens with zero attached hydrogens (tertiary/aromatic N) is 2. The molecule has 0 aliphatic carbocycles. The molecule has 2 aromatic carbocycles. The Morgan fingerprint density at radius 1 is 1.04 bits per heavy atom. The van der Waals surface area contributed by atoms with Crippen LogP contribution < -0.4 is 10.6 Å². The van der Waals surface area contributed by atoms with Crippen molar-refractivity contribution in [2.45, 2.75) is 6.54 Å². The molecule has 0 fully saturated rings. The highest BCUT2D eigenvalue weighted by molar-refractivity contribution is 7.80. The summed E-state index contributed by atoms with van der Waals surface area (Å²) in [4.78, 5) is 0. The molecule has 1 heterocycles. The minimum absolute atomic E-state index is 0.333. The van der Waals surface area contributed by atoms with E-state index < -0.39 is 0 Å². The molecular formula is C17H12Cl3FN4S. The lowest BCUT2D eigenvalue weighted by molar-refractivity contribution is 0.624. The number of hydrogen-bond donors (Lipinski definition) is 2. The Kier molecular flexibility index (Phi) is 5.98. The van der Waals surface area contributed by atoms with Crippen LogP contribution in [0, 0.1) is 5.82 Å². The first-order chi connectivity index (χ1) is 12.4. The molecule has 3 aromatic rings. The topological polar surface area (TPSA) is 41.9 Å². The number of rotatable bonds is 4. The van der Waals surface area contributed by atoms with Gasteiger partial charge in [-0.15, -0.1) is 0 Å². The molecule has 4 nitrogen and oxygen atoms in total. The summed E-state index contributed by atoms with van der Waals surface area (Å²) in [5, 5.41) is 12.0. The molecule has 0 radical (unpaired) electrons. The summed E-state index contributed by atoms with van der Waals surface area (Å²) in [5.74, 6) is 0.171. The van der Waals surface area contributed by atoms with Gasteiger partial charge in [0.1, 0.15) is 5.82 Å². The number of benzene rings is 2. The maximum absolute atomic E-state index is 13.1. The largest absolute Gasteiger partial charge is 0.331 e. The van der Waals surface area contributed by atoms with Gasteiger partial charge in [-0.25, -0.2) is 4.39 Å². The predicted molar refractivity (Wildman–Crippen MR) is 109 cm³/mol. The van der Waals surface area contributed by atoms with Crippen LogP contribution in [0.4, 0.5) is 15.9 Å². The number of thiocarbonyl (C=S) groups is 1. The molecule has 0 saturated heterocycles. The van der Waals surface area contributed by atoms with Crippen molar-refractivity contribution >= 4 is 63.6 Å². The van der Waals surface area contributed by atoms with E-state index in [1.807, 2.05) is 0 Å². The van der Waals surface area contributed by atoms with Gasteiger partial charge >= 0.3 is 0 Å². The van der Waals surface area contributed by atoms with Crippen molar-refractivity contribution in [3.05, 3.63) is 75.1 Å². The van der Waals surface area contributed by atoms with Gasteiger partial charge in [0.15, 0.2) is 10.9 Å². The van der Waals surface area contributed by atoms with Crippen molar-refractivity contribution in [3.8, 4) is 0 Å². The summed E-state index contributed by atoms with van der Waals surface area (Å²) in [6, 6.07) is 11.1. The van der Waals surface area contributed by atoms with E-state index in [4.69, 9.17) is 47.0 Å². The maximum atomic E-state index is 13.1. The van der Waals surface area contributed by atoms with Crippen LogP contribution >= 0.6 is 47.0 Å². The molecule has 0 saturated carbocycles. The zero-order chi connectivity index (χ0) is 18.7. The summed E-state index contributed by atoms with van der Waals surface area (Å²) in [7, 11) is 0. The van der Waals surface area contributed by atoms with Crippen molar-refractivity contribution < 1.29 is 4.39 Å². The number of nitrogens with one attached hydrogen (secondary N) is 2. The Bertz CT molecular complexity index is 961. The summed E-state index contributed by atoms with van der Waals surface area (Å²) < 4.78 is 14.8. The Balaban J connectivity index is 1.63. The van der Waals surface area contributed by atoms with Crippen molar-refractivity contribution in [2.24, 2.45) is 0 Å². The number of anilines is 2. The third-order valence-electron chi connectivity index (χ3n) is 3.41. The standard InChI is InChI=1S/C17H12Cl3FN4S/c18-11-2-4-15(14(20)7-11)22-17(26)23-16-5-6-25(24-16)9-10-1-3-12(21)8-13(10)19/h1-8H,9H2,(H2,22,23,24,26). The third kappa shape index (κ3) is 4.86. The van der Waals surface area contributed by atoms with Crippen LogP contribution in [0.15, 0.2) is 48.7 Å². The Hall–Kier alpha value is -1.86. The molecular weight excluding hydrogens is 418 g/mol. The molecule has 0 aliphatic rings. The van der Waals surface area contributed by atoms with Crippen molar-refractivity contribution in [3.63, 3.8) is 0 Å². The second kappa shape index (κ2) is 8.22. The monoisotopic (exact) mass is 428 g/mol. The van der Waals surface area contributed by atoms with Gasteiger partial charge in [-0.2, -0.15) is 5.10 Å². The first kappa shape index (κ1) is 18.9. The smallest absolute Gasteiger partial charge is 0.176 e. The van der Waals surface area contributed by atoms with E-state index in [1.54, 1.807) is 41.2 Å². The molecule has 26 heavy (non-hydrogen) atoms. The highest BCUT2D eigenvalue weighted by Gasteiger charge is 2.07. The molecule has 0 spiro atoms. The molecule has 9 heteroatoms. The van der Waals surface area contributed by atoms with Crippen LogP contribution in [0.2, 0.25) is 15.1 Å². The van der Waals surface area contributed by atoms with E-state index in [0.29, 0.717) is 38.2 Å². The third-order valence-corrected chi connectivity index (χ3v) is 4.51. The van der Waals surface area contributed by atoms with Gasteiger partial charge in [0.25, 0.3) is 0 Å². The molecule has 0 amide bonds. The number of hydrogen-bond acceptors (Lipinski definition) is 2. The van der Waals surface area contributed by atoms with Crippen LogP contribution in [-0.2, 0) is 6.54 Å². The van der Waals surface area contributed by atoms with Crippen molar-refractivity contribution in [2.75, 3.05) is 10.6 Å². The molecule has 0 unspecified atom stereocenters. The number of halogens is 4. The van der Waals surface area contributed by atoms with E-state index in [-0.39, 0.29) is 5.82 Å². The van der Waals surface area contributed by atoms with Gasteiger partial charge in [-0.05, 0) is 48.1 Å². The van der Waals surface area contributed by atoms with Crippen molar-refractivity contribution in [1.29, 1.82) is 0 Å². The fourth-order valence-corrected chi connectivity index (χ4v) is 3.10. The Morgan fingerprint density at radius 3 is 2.58 bits per heavy atom. The summed E-state index contributed by atoms with van der Waals surface area (Å²) >= 11 is 23.3. The normalized spacial score (nSPS) is 10.6. The zero-order valence-electron chi connectivity index (χ0n) is 13.1. The van der Waals surface area contributed by atoms with Crippen LogP contribution in [0.5, 0.6) is 0 Å². The predicted octanol–water partition coefficient (Wildman–Crippen LogP) is 5.84. The van der Waals surface area contributed by atoms with E-state index >= 15 is 0 Å². The Labute approximate surface area is 169 Å². The number of aromatic nitrogens is 2. The van der Waals surface area contributed by atoms with Crippen LogP contribution in [0.1, 0.15) is 5.56 Å². The van der Waals surface area contributed by atoms with Crippen LogP contribution in [0.25, 0.3) is 0 Å². The van der Waals surface area contributed by atoms with Gasteiger partial charge in [-0.3, -0.25) is 4.68 Å². The Morgan fingerprint density at radius 2 is 1.85 bits per heavy atom. The second-order valence-electron chi connectivity index (χ2n) is 5.34. The molecule has 0 aliphatic heterocycles. The highest BCUT2D eigenvalue weighted by atomic mass is 35.5. The quantitative estimate of drug-likeness (QED) is 0.511. The van der Waals surface area contributed by atoms with E-state index in [0.717, 1.165) is 5.56 Å². The van der Waals surface area contributed by atoms with Gasteiger partial charge < -0.3 is 10.6 Å². The second-order valence-corrected chi connectivity index (χ2v) is 7.00. The van der Waals surface area contributed by atoms with E-state index in [1.165, 1.54) is 12.1 Å². The maximum Gasteiger partial charge on any atom is 0.176 e. The van der Waals surface area contributed by atoms with Crippen molar-refractivity contribution in [1.82, 2.24) is 9.78 Å². The molecule has 134 valence electrons. The van der Waals surface area contributed by atoms with Gasteiger partial charge in [0.05, 0.1) is 17.3 Å². The average molecular weight is 430 g/mol. The zero-order valence-corrected chi connectivity index (χ0v) is 16.2. The minimum atomic E-state index is -0.376. The molecule has 3 rings (SSSR count). The lowest BCUT2D eigenvalue weighted by atomic mass is 10.2. The highest BCUT2D eigenvalue weighted by Crippen LogP contribution is 2.25. The van der Waals surface area contributed by atoms with Gasteiger partial charge in [-0.1, -0.05) is 40.9 Å². The molecule has 0 atom stereocenters.